The minimum atomic E-state index is -3.39. The molecule has 0 aliphatic rings. The second kappa shape index (κ2) is 6.91. The van der Waals surface area contributed by atoms with Gasteiger partial charge in [0.2, 0.25) is 7.37 Å². The van der Waals surface area contributed by atoms with Gasteiger partial charge in [-0.15, -0.1) is 11.3 Å². The number of thiazole rings is 1. The molecule has 0 saturated carbocycles. The minimum absolute atomic E-state index is 0.220. The van der Waals surface area contributed by atoms with Crippen LogP contribution in [0.5, 0.6) is 0 Å². The lowest BCUT2D eigenvalue weighted by Gasteiger charge is -2.26. The first-order valence-corrected chi connectivity index (χ1v) is 12.2. The molecule has 7 heteroatoms. The molecule has 0 fully saturated rings. The van der Waals surface area contributed by atoms with E-state index in [2.05, 4.69) is 4.98 Å². The summed E-state index contributed by atoms with van der Waals surface area (Å²) in [5.41, 5.74) is 1.14. The van der Waals surface area contributed by atoms with Crippen molar-refractivity contribution in [3.63, 3.8) is 0 Å². The zero-order valence-corrected chi connectivity index (χ0v) is 18.7. The molecule has 4 rings (SSSR count). The molecule has 0 N–H and O–H groups in total. The van der Waals surface area contributed by atoms with Crippen LogP contribution in [-0.2, 0) is 9.09 Å². The summed E-state index contributed by atoms with van der Waals surface area (Å²) in [5.74, 6) is 0. The van der Waals surface area contributed by atoms with Gasteiger partial charge in [0.25, 0.3) is 0 Å². The fourth-order valence-electron chi connectivity index (χ4n) is 3.45. The normalized spacial score (nSPS) is 14.4. The zero-order valence-electron chi connectivity index (χ0n) is 17.0. The maximum atomic E-state index is 13.9. The van der Waals surface area contributed by atoms with Crippen molar-refractivity contribution >= 4 is 45.2 Å². The smallest absolute Gasteiger partial charge is 0.347 e. The van der Waals surface area contributed by atoms with E-state index in [1.807, 2.05) is 64.1 Å². The number of nitrogens with zero attached hydrogens (tertiary/aromatic N) is 1. The fraction of sp³-hybridized carbons (Fsp3) is 0.273. The maximum absolute atomic E-state index is 13.9. The number of aromatic nitrogens is 1. The zero-order chi connectivity index (χ0) is 21.0. The van der Waals surface area contributed by atoms with Gasteiger partial charge < -0.3 is 8.94 Å². The molecule has 5 nitrogen and oxygen atoms in total. The summed E-state index contributed by atoms with van der Waals surface area (Å²) in [6.07, 6.45) is 0. The third-order valence-electron chi connectivity index (χ3n) is 4.40. The topological polar surface area (TPSA) is 69.4 Å². The van der Waals surface area contributed by atoms with E-state index in [0.29, 0.717) is 21.3 Å². The fourth-order valence-corrected chi connectivity index (χ4v) is 6.89. The predicted octanol–water partition coefficient (Wildman–Crippen LogP) is 5.73. The number of para-hydroxylation sites is 1. The van der Waals surface area contributed by atoms with Gasteiger partial charge >= 0.3 is 5.63 Å². The Morgan fingerprint density at radius 3 is 2.55 bits per heavy atom. The van der Waals surface area contributed by atoms with Crippen LogP contribution < -0.4 is 10.9 Å². The highest BCUT2D eigenvalue weighted by atomic mass is 32.1. The number of rotatable bonds is 3. The Labute approximate surface area is 172 Å². The van der Waals surface area contributed by atoms with E-state index in [0.717, 1.165) is 15.8 Å². The van der Waals surface area contributed by atoms with Crippen LogP contribution in [0.3, 0.4) is 0 Å². The lowest BCUT2D eigenvalue weighted by atomic mass is 10.1. The Hall–Kier alpha value is -2.27. The molecule has 2 aromatic heterocycles. The van der Waals surface area contributed by atoms with Crippen molar-refractivity contribution in [1.29, 1.82) is 0 Å². The van der Waals surface area contributed by atoms with Gasteiger partial charge in [-0.2, -0.15) is 0 Å². The molecule has 29 heavy (non-hydrogen) atoms. The Balaban J connectivity index is 2.11. The SMILES string of the molecule is Cc1ccc2c(P(C)(=O)OC(C)(C)C)c(-c3nc4ccccc4s3)c(=O)oc2c1. The van der Waals surface area contributed by atoms with Crippen molar-refractivity contribution in [2.24, 2.45) is 0 Å². The van der Waals surface area contributed by atoms with Crippen molar-refractivity contribution in [1.82, 2.24) is 4.98 Å². The molecule has 0 aliphatic carbocycles. The van der Waals surface area contributed by atoms with E-state index in [1.165, 1.54) is 11.3 Å². The van der Waals surface area contributed by atoms with Crippen LogP contribution in [-0.4, -0.2) is 17.2 Å². The minimum Gasteiger partial charge on any atom is -0.422 e. The van der Waals surface area contributed by atoms with E-state index < -0.39 is 18.6 Å². The molecular formula is C22H22NO4PS. The van der Waals surface area contributed by atoms with Crippen LogP contribution in [0.25, 0.3) is 31.8 Å². The van der Waals surface area contributed by atoms with E-state index >= 15 is 0 Å². The van der Waals surface area contributed by atoms with Crippen LogP contribution in [0.2, 0.25) is 0 Å². The summed E-state index contributed by atoms with van der Waals surface area (Å²) < 4.78 is 26.4. The van der Waals surface area contributed by atoms with Crippen molar-refractivity contribution in [3.8, 4) is 10.6 Å². The summed E-state index contributed by atoms with van der Waals surface area (Å²) in [5, 5.41) is 1.47. The Morgan fingerprint density at radius 2 is 1.86 bits per heavy atom. The highest BCUT2D eigenvalue weighted by Crippen LogP contribution is 2.49. The molecule has 4 aromatic rings. The predicted molar refractivity (Wildman–Crippen MR) is 120 cm³/mol. The number of aryl methyl sites for hydroxylation is 1. The van der Waals surface area contributed by atoms with Gasteiger partial charge in [-0.1, -0.05) is 24.3 Å². The summed E-state index contributed by atoms with van der Waals surface area (Å²) >= 11 is 1.38. The van der Waals surface area contributed by atoms with Gasteiger partial charge in [0.05, 0.1) is 21.1 Å². The Bertz CT molecular complexity index is 1310. The van der Waals surface area contributed by atoms with Crippen molar-refractivity contribution < 1.29 is 13.5 Å². The second-order valence-electron chi connectivity index (χ2n) is 8.15. The molecule has 2 aromatic carbocycles. The number of hydrogen-bond acceptors (Lipinski definition) is 6. The molecular weight excluding hydrogens is 405 g/mol. The highest BCUT2D eigenvalue weighted by Gasteiger charge is 2.34. The monoisotopic (exact) mass is 427 g/mol. The molecule has 0 radical (unpaired) electrons. The van der Waals surface area contributed by atoms with Gasteiger partial charge in [-0.05, 0) is 51.5 Å². The first-order chi connectivity index (χ1) is 13.5. The number of fused-ring (bicyclic) bond motifs is 2. The van der Waals surface area contributed by atoms with E-state index in [-0.39, 0.29) is 5.56 Å². The van der Waals surface area contributed by atoms with Crippen LogP contribution in [0.4, 0.5) is 0 Å². The summed E-state index contributed by atoms with van der Waals surface area (Å²) in [6.45, 7) is 9.01. The van der Waals surface area contributed by atoms with E-state index in [9.17, 15) is 9.36 Å². The molecule has 2 heterocycles. The molecule has 0 amide bonds. The molecule has 0 aliphatic heterocycles. The van der Waals surface area contributed by atoms with Gasteiger partial charge in [0.1, 0.15) is 16.2 Å². The molecule has 0 spiro atoms. The largest absolute Gasteiger partial charge is 0.422 e. The Morgan fingerprint density at radius 1 is 1.14 bits per heavy atom. The van der Waals surface area contributed by atoms with Gasteiger partial charge in [0, 0.05) is 12.1 Å². The van der Waals surface area contributed by atoms with Crippen molar-refractivity contribution in [2.75, 3.05) is 6.66 Å². The second-order valence-corrected chi connectivity index (χ2v) is 11.5. The van der Waals surface area contributed by atoms with Gasteiger partial charge in [-0.25, -0.2) is 9.78 Å². The quantitative estimate of drug-likeness (QED) is 0.309. The summed E-state index contributed by atoms with van der Waals surface area (Å²) in [7, 11) is -3.39. The maximum Gasteiger partial charge on any atom is 0.347 e. The van der Waals surface area contributed by atoms with Crippen LogP contribution in [0.15, 0.2) is 51.7 Å². The number of benzene rings is 2. The average molecular weight is 427 g/mol. The van der Waals surface area contributed by atoms with E-state index in [4.69, 9.17) is 8.94 Å². The van der Waals surface area contributed by atoms with Crippen molar-refractivity contribution in [3.05, 3.63) is 58.4 Å². The van der Waals surface area contributed by atoms with Crippen LogP contribution in [0, 0.1) is 6.92 Å². The van der Waals surface area contributed by atoms with E-state index in [1.54, 1.807) is 12.7 Å². The molecule has 0 saturated heterocycles. The lowest BCUT2D eigenvalue weighted by Crippen LogP contribution is -2.25. The van der Waals surface area contributed by atoms with Gasteiger partial charge in [0.15, 0.2) is 0 Å². The van der Waals surface area contributed by atoms with Crippen LogP contribution >= 0.6 is 18.7 Å². The molecule has 1 unspecified atom stereocenters. The number of hydrogen-bond donors (Lipinski definition) is 0. The average Bonchev–Trinajstić information content (AvgIpc) is 3.01. The Kier molecular flexibility index (Phi) is 4.77. The lowest BCUT2D eigenvalue weighted by molar-refractivity contribution is 0.140. The molecule has 0 bridgehead atoms. The summed E-state index contributed by atoms with van der Waals surface area (Å²) in [4.78, 5) is 17.7. The highest BCUT2D eigenvalue weighted by molar-refractivity contribution is 7.67. The van der Waals surface area contributed by atoms with Crippen LogP contribution in [0.1, 0.15) is 26.3 Å². The standard InChI is InChI=1S/C22H22NO4PS/c1-13-10-11-14-16(12-13)26-21(24)18(19(14)28(5,25)27-22(2,3)4)20-23-15-8-6-7-9-17(15)29-20/h6-12H,1-5H3. The first kappa shape index (κ1) is 20.0. The third-order valence-corrected chi connectivity index (χ3v) is 7.62. The van der Waals surface area contributed by atoms with Crippen molar-refractivity contribution in [2.45, 2.75) is 33.3 Å². The first-order valence-electron chi connectivity index (χ1n) is 9.27. The van der Waals surface area contributed by atoms with Gasteiger partial charge in [-0.3, -0.25) is 4.57 Å². The summed E-state index contributed by atoms with van der Waals surface area (Å²) in [6, 6.07) is 13.2. The third kappa shape index (κ3) is 3.80. The molecule has 150 valence electrons. The molecule has 1 atom stereocenters.